The van der Waals surface area contributed by atoms with Gasteiger partial charge in [-0.05, 0) is 24.5 Å². The topological polar surface area (TPSA) is 52.6 Å². The fraction of sp³-hybridized carbons (Fsp3) is 0.529. The van der Waals surface area contributed by atoms with Crippen molar-refractivity contribution in [1.82, 2.24) is 0 Å². The second-order valence-corrected chi connectivity index (χ2v) is 5.47. The molecule has 0 bridgehead atoms. The molecular formula is C17H22O4. The molecule has 21 heavy (non-hydrogen) atoms. The SMILES string of the molecule is COC(=O)c1ccccc1C(=O)OCCC1CCCCC1. The first-order valence-corrected chi connectivity index (χ1v) is 7.57. The van der Waals surface area contributed by atoms with Crippen molar-refractivity contribution in [2.75, 3.05) is 13.7 Å². The number of methoxy groups -OCH3 is 1. The molecule has 1 aromatic carbocycles. The van der Waals surface area contributed by atoms with E-state index >= 15 is 0 Å². The van der Waals surface area contributed by atoms with Crippen LogP contribution in [0.15, 0.2) is 24.3 Å². The van der Waals surface area contributed by atoms with Gasteiger partial charge in [-0.25, -0.2) is 9.59 Å². The second kappa shape index (κ2) is 7.81. The molecule has 4 nitrogen and oxygen atoms in total. The van der Waals surface area contributed by atoms with Crippen LogP contribution in [0.1, 0.15) is 59.2 Å². The van der Waals surface area contributed by atoms with Crippen molar-refractivity contribution in [3.8, 4) is 0 Å². The molecule has 0 aliphatic heterocycles. The molecule has 0 N–H and O–H groups in total. The lowest BCUT2D eigenvalue weighted by atomic mass is 9.87. The van der Waals surface area contributed by atoms with E-state index in [4.69, 9.17) is 4.74 Å². The lowest BCUT2D eigenvalue weighted by Gasteiger charge is -2.21. The van der Waals surface area contributed by atoms with Gasteiger partial charge in [-0.2, -0.15) is 0 Å². The molecule has 0 amide bonds. The van der Waals surface area contributed by atoms with Gasteiger partial charge in [0, 0.05) is 0 Å². The Kier molecular flexibility index (Phi) is 5.78. The highest BCUT2D eigenvalue weighted by Crippen LogP contribution is 2.26. The minimum absolute atomic E-state index is 0.252. The summed E-state index contributed by atoms with van der Waals surface area (Å²) < 4.78 is 10.00. The molecule has 0 aromatic heterocycles. The number of ether oxygens (including phenoxy) is 2. The largest absolute Gasteiger partial charge is 0.465 e. The smallest absolute Gasteiger partial charge is 0.339 e. The van der Waals surface area contributed by atoms with Crippen LogP contribution < -0.4 is 0 Å². The lowest BCUT2D eigenvalue weighted by Crippen LogP contribution is -2.15. The molecule has 1 saturated carbocycles. The Morgan fingerprint density at radius 2 is 1.67 bits per heavy atom. The van der Waals surface area contributed by atoms with Crippen LogP contribution in [0.4, 0.5) is 0 Å². The van der Waals surface area contributed by atoms with Crippen LogP contribution in [0.5, 0.6) is 0 Å². The van der Waals surface area contributed by atoms with Crippen LogP contribution in [0, 0.1) is 5.92 Å². The number of rotatable bonds is 5. The fourth-order valence-electron chi connectivity index (χ4n) is 2.82. The summed E-state index contributed by atoms with van der Waals surface area (Å²) in [4.78, 5) is 23.7. The molecule has 1 aromatic rings. The van der Waals surface area contributed by atoms with Crippen LogP contribution in [-0.2, 0) is 9.47 Å². The van der Waals surface area contributed by atoms with Crippen molar-refractivity contribution in [1.29, 1.82) is 0 Å². The van der Waals surface area contributed by atoms with E-state index in [2.05, 4.69) is 4.74 Å². The summed E-state index contributed by atoms with van der Waals surface area (Å²) in [5.74, 6) is -0.302. The third-order valence-corrected chi connectivity index (χ3v) is 4.04. The van der Waals surface area contributed by atoms with Crippen molar-refractivity contribution in [3.05, 3.63) is 35.4 Å². The summed E-state index contributed by atoms with van der Waals surface area (Å²) in [5, 5.41) is 0. The van der Waals surface area contributed by atoms with Crippen LogP contribution in [-0.4, -0.2) is 25.7 Å². The molecule has 0 spiro atoms. The number of hydrogen-bond acceptors (Lipinski definition) is 4. The average molecular weight is 290 g/mol. The summed E-state index contributed by atoms with van der Waals surface area (Å²) in [7, 11) is 1.30. The summed E-state index contributed by atoms with van der Waals surface area (Å²) >= 11 is 0. The fourth-order valence-corrected chi connectivity index (χ4v) is 2.82. The number of carbonyl (C=O) groups is 2. The lowest BCUT2D eigenvalue weighted by molar-refractivity contribution is 0.0459. The van der Waals surface area contributed by atoms with Crippen LogP contribution in [0.3, 0.4) is 0 Å². The Morgan fingerprint density at radius 3 is 2.29 bits per heavy atom. The molecule has 114 valence electrons. The molecule has 0 heterocycles. The Balaban J connectivity index is 1.89. The number of carbonyl (C=O) groups excluding carboxylic acids is 2. The molecule has 0 radical (unpaired) electrons. The maximum Gasteiger partial charge on any atom is 0.339 e. The van der Waals surface area contributed by atoms with Gasteiger partial charge >= 0.3 is 11.9 Å². The van der Waals surface area contributed by atoms with Gasteiger partial charge in [0.2, 0.25) is 0 Å². The Bertz CT molecular complexity index is 489. The highest BCUT2D eigenvalue weighted by molar-refractivity contribution is 6.03. The Morgan fingerprint density at radius 1 is 1.05 bits per heavy atom. The van der Waals surface area contributed by atoms with E-state index in [1.54, 1.807) is 24.3 Å². The minimum Gasteiger partial charge on any atom is -0.465 e. The van der Waals surface area contributed by atoms with Gasteiger partial charge in [0.15, 0.2) is 0 Å². The molecule has 0 saturated heterocycles. The Labute approximate surface area is 125 Å². The third-order valence-electron chi connectivity index (χ3n) is 4.04. The molecule has 0 atom stereocenters. The summed E-state index contributed by atoms with van der Waals surface area (Å²) in [6.45, 7) is 0.416. The van der Waals surface area contributed by atoms with E-state index < -0.39 is 11.9 Å². The van der Waals surface area contributed by atoms with Gasteiger partial charge in [-0.15, -0.1) is 0 Å². The Hall–Kier alpha value is -1.84. The third kappa shape index (κ3) is 4.31. The number of esters is 2. The van der Waals surface area contributed by atoms with E-state index in [1.165, 1.54) is 39.2 Å². The standard InChI is InChI=1S/C17H22O4/c1-20-16(18)14-9-5-6-10-15(14)17(19)21-12-11-13-7-3-2-4-8-13/h5-6,9-10,13H,2-4,7-8,11-12H2,1H3. The molecule has 1 aliphatic carbocycles. The summed E-state index contributed by atoms with van der Waals surface area (Å²) in [6, 6.07) is 6.58. The molecule has 1 fully saturated rings. The highest BCUT2D eigenvalue weighted by Gasteiger charge is 2.19. The van der Waals surface area contributed by atoms with Crippen LogP contribution in [0.2, 0.25) is 0 Å². The molecule has 4 heteroatoms. The maximum atomic E-state index is 12.1. The maximum absolute atomic E-state index is 12.1. The van der Waals surface area contributed by atoms with Crippen molar-refractivity contribution in [3.63, 3.8) is 0 Å². The van der Waals surface area contributed by atoms with Gasteiger partial charge in [0.05, 0.1) is 24.8 Å². The minimum atomic E-state index is -0.519. The van der Waals surface area contributed by atoms with E-state index in [9.17, 15) is 9.59 Å². The van der Waals surface area contributed by atoms with Crippen LogP contribution >= 0.6 is 0 Å². The van der Waals surface area contributed by atoms with Crippen molar-refractivity contribution >= 4 is 11.9 Å². The monoisotopic (exact) mass is 290 g/mol. The summed E-state index contributed by atoms with van der Waals surface area (Å²) in [5.41, 5.74) is 0.524. The predicted molar refractivity (Wildman–Crippen MR) is 79.3 cm³/mol. The summed E-state index contributed by atoms with van der Waals surface area (Å²) in [6.07, 6.45) is 7.26. The quantitative estimate of drug-likeness (QED) is 0.777. The van der Waals surface area contributed by atoms with Crippen molar-refractivity contribution < 1.29 is 19.1 Å². The van der Waals surface area contributed by atoms with Gasteiger partial charge in [0.1, 0.15) is 0 Å². The molecule has 0 unspecified atom stereocenters. The van der Waals surface area contributed by atoms with Crippen molar-refractivity contribution in [2.24, 2.45) is 5.92 Å². The predicted octanol–water partition coefficient (Wildman–Crippen LogP) is 3.60. The number of hydrogen-bond donors (Lipinski definition) is 0. The highest BCUT2D eigenvalue weighted by atomic mass is 16.5. The van der Waals surface area contributed by atoms with Gasteiger partial charge in [0.25, 0.3) is 0 Å². The zero-order chi connectivity index (χ0) is 15.1. The molecule has 2 rings (SSSR count). The number of benzene rings is 1. The first-order valence-electron chi connectivity index (χ1n) is 7.57. The average Bonchev–Trinajstić information content (AvgIpc) is 2.55. The first kappa shape index (κ1) is 15.5. The van der Waals surface area contributed by atoms with E-state index in [1.807, 2.05) is 0 Å². The first-order chi connectivity index (χ1) is 10.2. The normalized spacial score (nSPS) is 15.5. The molecular weight excluding hydrogens is 268 g/mol. The van der Waals surface area contributed by atoms with Crippen LogP contribution in [0.25, 0.3) is 0 Å². The zero-order valence-electron chi connectivity index (χ0n) is 12.5. The van der Waals surface area contributed by atoms with Crippen molar-refractivity contribution in [2.45, 2.75) is 38.5 Å². The van der Waals surface area contributed by atoms with E-state index in [0.29, 0.717) is 12.5 Å². The van der Waals surface area contributed by atoms with E-state index in [0.717, 1.165) is 6.42 Å². The van der Waals surface area contributed by atoms with Gasteiger partial charge in [-0.1, -0.05) is 44.2 Å². The molecule has 1 aliphatic rings. The van der Waals surface area contributed by atoms with Gasteiger partial charge < -0.3 is 9.47 Å². The second-order valence-electron chi connectivity index (χ2n) is 5.47. The van der Waals surface area contributed by atoms with Gasteiger partial charge in [-0.3, -0.25) is 0 Å². The van der Waals surface area contributed by atoms with E-state index in [-0.39, 0.29) is 11.1 Å². The zero-order valence-corrected chi connectivity index (χ0v) is 12.5.